The molecule has 0 saturated heterocycles. The summed E-state index contributed by atoms with van der Waals surface area (Å²) in [6.07, 6.45) is 1.99. The van der Waals surface area contributed by atoms with Crippen LogP contribution in [0.3, 0.4) is 0 Å². The predicted octanol–water partition coefficient (Wildman–Crippen LogP) is 2.89. The van der Waals surface area contributed by atoms with Gasteiger partial charge in [-0.3, -0.25) is 4.68 Å². The molecule has 0 unspecified atom stereocenters. The Kier molecular flexibility index (Phi) is 4.39. The molecule has 2 aromatic rings. The molecule has 0 bridgehead atoms. The second-order valence-electron chi connectivity index (χ2n) is 5.70. The molecule has 2 rings (SSSR count). The van der Waals surface area contributed by atoms with E-state index in [1.54, 1.807) is 7.11 Å². The standard InChI is InChI=1S/C14H23ClN4O/c1-6-7-10-12-13(18(4)17-10)19(11(8-15)16-12)9-14(2,3)20-5/h6-9H2,1-5H3. The summed E-state index contributed by atoms with van der Waals surface area (Å²) in [6.45, 7) is 6.96. The van der Waals surface area contributed by atoms with E-state index in [2.05, 4.69) is 35.4 Å². The van der Waals surface area contributed by atoms with Gasteiger partial charge in [0.1, 0.15) is 11.3 Å². The van der Waals surface area contributed by atoms with Crippen molar-refractivity contribution in [1.29, 1.82) is 0 Å². The monoisotopic (exact) mass is 298 g/mol. The average Bonchev–Trinajstić information content (AvgIpc) is 2.89. The second-order valence-corrected chi connectivity index (χ2v) is 5.97. The summed E-state index contributed by atoms with van der Waals surface area (Å²) in [6, 6.07) is 0. The topological polar surface area (TPSA) is 44.9 Å². The number of hydrogen-bond donors (Lipinski definition) is 0. The van der Waals surface area contributed by atoms with Crippen molar-refractivity contribution in [3.05, 3.63) is 11.5 Å². The zero-order chi connectivity index (χ0) is 14.9. The minimum atomic E-state index is -0.274. The van der Waals surface area contributed by atoms with Gasteiger partial charge in [-0.25, -0.2) is 4.98 Å². The van der Waals surface area contributed by atoms with Crippen molar-refractivity contribution in [3.8, 4) is 0 Å². The first-order valence-corrected chi connectivity index (χ1v) is 7.49. The molecule has 0 aliphatic heterocycles. The molecule has 0 aromatic carbocycles. The van der Waals surface area contributed by atoms with Crippen molar-refractivity contribution in [1.82, 2.24) is 19.3 Å². The Morgan fingerprint density at radius 1 is 1.35 bits per heavy atom. The Morgan fingerprint density at radius 3 is 2.60 bits per heavy atom. The molecule has 0 aliphatic rings. The van der Waals surface area contributed by atoms with Crippen LogP contribution in [0.2, 0.25) is 0 Å². The summed E-state index contributed by atoms with van der Waals surface area (Å²) >= 11 is 6.06. The molecule has 6 heteroatoms. The minimum Gasteiger partial charge on any atom is -0.377 e. The molecule has 0 radical (unpaired) electrons. The van der Waals surface area contributed by atoms with Crippen molar-refractivity contribution in [3.63, 3.8) is 0 Å². The lowest BCUT2D eigenvalue weighted by Gasteiger charge is -2.24. The molecule has 20 heavy (non-hydrogen) atoms. The third kappa shape index (κ3) is 2.69. The highest BCUT2D eigenvalue weighted by atomic mass is 35.5. The third-order valence-corrected chi connectivity index (χ3v) is 3.81. The fourth-order valence-electron chi connectivity index (χ4n) is 2.41. The number of imidazole rings is 1. The molecule has 0 aliphatic carbocycles. The van der Waals surface area contributed by atoms with Gasteiger partial charge in [0.15, 0.2) is 5.65 Å². The first-order valence-electron chi connectivity index (χ1n) is 6.95. The van der Waals surface area contributed by atoms with E-state index in [1.165, 1.54) is 0 Å². The van der Waals surface area contributed by atoms with Crippen LogP contribution in [0.4, 0.5) is 0 Å². The number of halogens is 1. The van der Waals surface area contributed by atoms with E-state index in [0.717, 1.165) is 35.5 Å². The maximum atomic E-state index is 6.06. The fraction of sp³-hybridized carbons (Fsp3) is 0.714. The van der Waals surface area contributed by atoms with Crippen LogP contribution in [-0.2, 0) is 30.6 Å². The summed E-state index contributed by atoms with van der Waals surface area (Å²) in [5.74, 6) is 1.26. The van der Waals surface area contributed by atoms with E-state index in [-0.39, 0.29) is 5.60 Å². The van der Waals surface area contributed by atoms with Gasteiger partial charge in [0, 0.05) is 14.2 Å². The third-order valence-electron chi connectivity index (χ3n) is 3.57. The van der Waals surface area contributed by atoms with Crippen molar-refractivity contribution < 1.29 is 4.74 Å². The number of rotatable bonds is 6. The van der Waals surface area contributed by atoms with Gasteiger partial charge in [-0.1, -0.05) is 13.3 Å². The molecule has 2 heterocycles. The van der Waals surface area contributed by atoms with E-state index < -0.39 is 0 Å². The number of aryl methyl sites for hydroxylation is 2. The van der Waals surface area contributed by atoms with E-state index >= 15 is 0 Å². The molecule has 0 spiro atoms. The minimum absolute atomic E-state index is 0.274. The SMILES string of the molecule is CCCc1nn(C)c2c1nc(CCl)n2CC(C)(C)OC. The largest absolute Gasteiger partial charge is 0.377 e. The molecular formula is C14H23ClN4O. The van der Waals surface area contributed by atoms with Crippen LogP contribution in [0.25, 0.3) is 11.2 Å². The highest BCUT2D eigenvalue weighted by Crippen LogP contribution is 2.24. The Morgan fingerprint density at radius 2 is 2.05 bits per heavy atom. The van der Waals surface area contributed by atoms with Gasteiger partial charge in [-0.05, 0) is 20.3 Å². The van der Waals surface area contributed by atoms with Crippen LogP contribution in [0.5, 0.6) is 0 Å². The second kappa shape index (κ2) is 5.74. The predicted molar refractivity (Wildman–Crippen MR) is 81.1 cm³/mol. The first kappa shape index (κ1) is 15.3. The average molecular weight is 299 g/mol. The number of ether oxygens (including phenoxy) is 1. The molecule has 0 amide bonds. The highest BCUT2D eigenvalue weighted by Gasteiger charge is 2.24. The van der Waals surface area contributed by atoms with E-state index in [1.807, 2.05) is 11.7 Å². The van der Waals surface area contributed by atoms with Gasteiger partial charge in [-0.2, -0.15) is 5.10 Å². The van der Waals surface area contributed by atoms with Crippen molar-refractivity contribution in [2.24, 2.45) is 7.05 Å². The van der Waals surface area contributed by atoms with Crippen molar-refractivity contribution in [2.75, 3.05) is 7.11 Å². The zero-order valence-electron chi connectivity index (χ0n) is 12.9. The number of nitrogens with zero attached hydrogens (tertiary/aromatic N) is 4. The number of methoxy groups -OCH3 is 1. The quantitative estimate of drug-likeness (QED) is 0.770. The van der Waals surface area contributed by atoms with Gasteiger partial charge in [-0.15, -0.1) is 11.6 Å². The maximum Gasteiger partial charge on any atom is 0.158 e. The summed E-state index contributed by atoms with van der Waals surface area (Å²) in [7, 11) is 3.68. The Hall–Kier alpha value is -1.07. The lowest BCUT2D eigenvalue weighted by atomic mass is 10.1. The molecular weight excluding hydrogens is 276 g/mol. The van der Waals surface area contributed by atoms with Gasteiger partial charge >= 0.3 is 0 Å². The number of fused-ring (bicyclic) bond motifs is 1. The summed E-state index contributed by atoms with van der Waals surface area (Å²) in [5, 5.41) is 4.58. The van der Waals surface area contributed by atoms with Crippen LogP contribution in [0, 0.1) is 0 Å². The lowest BCUT2D eigenvalue weighted by molar-refractivity contribution is 0.00832. The van der Waals surface area contributed by atoms with Gasteiger partial charge in [0.05, 0.1) is 23.7 Å². The van der Waals surface area contributed by atoms with E-state index in [0.29, 0.717) is 12.4 Å². The molecule has 0 atom stereocenters. The van der Waals surface area contributed by atoms with E-state index in [9.17, 15) is 0 Å². The smallest absolute Gasteiger partial charge is 0.158 e. The Bertz CT molecular complexity index is 600. The summed E-state index contributed by atoms with van der Waals surface area (Å²) in [5.41, 5.74) is 2.76. The Balaban J connectivity index is 2.57. The summed E-state index contributed by atoms with van der Waals surface area (Å²) in [4.78, 5) is 4.68. The zero-order valence-corrected chi connectivity index (χ0v) is 13.7. The number of alkyl halides is 1. The van der Waals surface area contributed by atoms with Crippen molar-refractivity contribution >= 4 is 22.8 Å². The highest BCUT2D eigenvalue weighted by molar-refractivity contribution is 6.16. The molecule has 0 fully saturated rings. The lowest BCUT2D eigenvalue weighted by Crippen LogP contribution is -2.30. The first-order chi connectivity index (χ1) is 9.43. The maximum absolute atomic E-state index is 6.06. The Labute approximate surface area is 124 Å². The van der Waals surface area contributed by atoms with Crippen LogP contribution in [0.1, 0.15) is 38.7 Å². The molecule has 2 aromatic heterocycles. The van der Waals surface area contributed by atoms with Crippen molar-refractivity contribution in [2.45, 2.75) is 51.6 Å². The molecule has 112 valence electrons. The molecule has 0 N–H and O–H groups in total. The van der Waals surface area contributed by atoms with Gasteiger partial charge in [0.25, 0.3) is 0 Å². The fourth-order valence-corrected chi connectivity index (χ4v) is 2.61. The van der Waals surface area contributed by atoms with Gasteiger partial charge < -0.3 is 9.30 Å². The van der Waals surface area contributed by atoms with Gasteiger partial charge in [0.2, 0.25) is 0 Å². The number of aromatic nitrogens is 4. The normalized spacial score (nSPS) is 12.5. The molecule has 0 saturated carbocycles. The van der Waals surface area contributed by atoms with Crippen LogP contribution >= 0.6 is 11.6 Å². The number of hydrogen-bond acceptors (Lipinski definition) is 3. The van der Waals surface area contributed by atoms with Crippen LogP contribution in [-0.4, -0.2) is 32.0 Å². The van der Waals surface area contributed by atoms with E-state index in [4.69, 9.17) is 16.3 Å². The van der Waals surface area contributed by atoms with Crippen LogP contribution in [0.15, 0.2) is 0 Å². The summed E-state index contributed by atoms with van der Waals surface area (Å²) < 4.78 is 9.55. The van der Waals surface area contributed by atoms with Crippen LogP contribution < -0.4 is 0 Å². The molecule has 5 nitrogen and oxygen atoms in total.